The largest absolute Gasteiger partial charge is 0.266 e. The number of nitrogens with zero attached hydrogens (tertiary/aromatic N) is 2. The zero-order chi connectivity index (χ0) is 14.8. The second-order valence-electron chi connectivity index (χ2n) is 5.51. The zero-order valence-corrected chi connectivity index (χ0v) is 14.0. The van der Waals surface area contributed by atoms with E-state index in [0.29, 0.717) is 24.6 Å². The van der Waals surface area contributed by atoms with Crippen molar-refractivity contribution < 1.29 is 8.42 Å². The summed E-state index contributed by atoms with van der Waals surface area (Å²) >= 11 is 6.12. The van der Waals surface area contributed by atoms with E-state index in [1.54, 1.807) is 0 Å². The molecule has 1 rings (SSSR count). The van der Waals surface area contributed by atoms with E-state index in [1.165, 1.54) is 4.68 Å². The molecule has 0 aliphatic carbocycles. The van der Waals surface area contributed by atoms with E-state index >= 15 is 0 Å². The normalized spacial score (nSPS) is 12.6. The minimum atomic E-state index is -3.87. The molecule has 1 aromatic rings. The summed E-state index contributed by atoms with van der Waals surface area (Å²) in [6, 6.07) is 0. The second-order valence-corrected chi connectivity index (χ2v) is 8.37. The molecule has 0 saturated carbocycles. The Bertz CT molecular complexity index is 536. The van der Waals surface area contributed by atoms with Crippen LogP contribution in [0.25, 0.3) is 0 Å². The van der Waals surface area contributed by atoms with E-state index in [9.17, 15) is 8.42 Å². The highest BCUT2D eigenvalue weighted by Crippen LogP contribution is 2.30. The van der Waals surface area contributed by atoms with Crippen molar-refractivity contribution in [3.05, 3.63) is 10.8 Å². The van der Waals surface area contributed by atoms with Crippen LogP contribution in [0, 0.1) is 11.8 Å². The number of halogens is 2. The molecule has 0 aliphatic rings. The van der Waals surface area contributed by atoms with E-state index in [4.69, 9.17) is 22.3 Å². The van der Waals surface area contributed by atoms with Gasteiger partial charge in [-0.2, -0.15) is 5.10 Å². The van der Waals surface area contributed by atoms with Crippen LogP contribution < -0.4 is 0 Å². The third-order valence-electron chi connectivity index (χ3n) is 2.68. The molecule has 0 spiro atoms. The minimum Gasteiger partial charge on any atom is -0.252 e. The first-order chi connectivity index (χ1) is 8.62. The molecule has 0 radical (unpaired) electrons. The van der Waals surface area contributed by atoms with Gasteiger partial charge in [0.2, 0.25) is 0 Å². The first-order valence-electron chi connectivity index (χ1n) is 6.32. The lowest BCUT2D eigenvalue weighted by molar-refractivity contribution is 0.482. The van der Waals surface area contributed by atoms with E-state index < -0.39 is 9.05 Å². The van der Waals surface area contributed by atoms with Crippen LogP contribution in [0.2, 0.25) is 5.15 Å². The highest BCUT2D eigenvalue weighted by atomic mass is 35.7. The molecule has 1 heterocycles. The molecule has 7 heteroatoms. The van der Waals surface area contributed by atoms with Gasteiger partial charge in [-0.3, -0.25) is 4.68 Å². The van der Waals surface area contributed by atoms with Crippen molar-refractivity contribution in [1.82, 2.24) is 9.78 Å². The van der Waals surface area contributed by atoms with Gasteiger partial charge in [-0.1, -0.05) is 39.3 Å². The average Bonchev–Trinajstić information content (AvgIpc) is 2.50. The lowest BCUT2D eigenvalue weighted by Gasteiger charge is -2.05. The maximum absolute atomic E-state index is 11.6. The van der Waals surface area contributed by atoms with Gasteiger partial charge in [-0.15, -0.1) is 0 Å². The van der Waals surface area contributed by atoms with Gasteiger partial charge in [0.15, 0.2) is 0 Å². The van der Waals surface area contributed by atoms with Crippen molar-refractivity contribution >= 4 is 31.3 Å². The Hall–Kier alpha value is -0.260. The Morgan fingerprint density at radius 3 is 2.21 bits per heavy atom. The molecule has 110 valence electrons. The molecular weight excluding hydrogens is 307 g/mol. The Morgan fingerprint density at radius 1 is 1.21 bits per heavy atom. The molecule has 0 amide bonds. The van der Waals surface area contributed by atoms with E-state index in [2.05, 4.69) is 18.9 Å². The van der Waals surface area contributed by atoms with Gasteiger partial charge in [-0.25, -0.2) is 8.42 Å². The topological polar surface area (TPSA) is 52.0 Å². The van der Waals surface area contributed by atoms with Gasteiger partial charge in [0.05, 0.1) is 5.69 Å². The fourth-order valence-electron chi connectivity index (χ4n) is 1.76. The highest BCUT2D eigenvalue weighted by Gasteiger charge is 2.26. The fourth-order valence-corrected chi connectivity index (χ4v) is 3.61. The first-order valence-corrected chi connectivity index (χ1v) is 9.01. The van der Waals surface area contributed by atoms with E-state index in [1.807, 2.05) is 13.8 Å². The molecule has 0 atom stereocenters. The molecule has 4 nitrogen and oxygen atoms in total. The van der Waals surface area contributed by atoms with E-state index in [-0.39, 0.29) is 16.0 Å². The maximum Gasteiger partial charge on any atom is 0.266 e. The van der Waals surface area contributed by atoms with Gasteiger partial charge in [0.1, 0.15) is 10.0 Å². The Morgan fingerprint density at radius 2 is 1.79 bits per heavy atom. The van der Waals surface area contributed by atoms with Crippen molar-refractivity contribution in [1.29, 1.82) is 0 Å². The summed E-state index contributed by atoms with van der Waals surface area (Å²) in [5.41, 5.74) is 0.457. The van der Waals surface area contributed by atoms with E-state index in [0.717, 1.165) is 6.42 Å². The van der Waals surface area contributed by atoms with Crippen LogP contribution in [0.15, 0.2) is 4.90 Å². The molecule has 0 unspecified atom stereocenters. The van der Waals surface area contributed by atoms with Crippen LogP contribution in [-0.4, -0.2) is 18.2 Å². The van der Waals surface area contributed by atoms with Crippen molar-refractivity contribution in [2.75, 3.05) is 0 Å². The third-order valence-corrected chi connectivity index (χ3v) is 4.56. The van der Waals surface area contributed by atoms with Gasteiger partial charge < -0.3 is 0 Å². The van der Waals surface area contributed by atoms with Gasteiger partial charge >= 0.3 is 0 Å². The molecule has 0 aromatic carbocycles. The van der Waals surface area contributed by atoms with Crippen LogP contribution in [-0.2, 0) is 22.0 Å². The highest BCUT2D eigenvalue weighted by molar-refractivity contribution is 8.13. The molecular formula is C12H20Cl2N2O2S. The molecule has 0 aliphatic heterocycles. The SMILES string of the molecule is CC(C)CCn1nc(CC(C)C)c(S(=O)(=O)Cl)c1Cl. The van der Waals surface area contributed by atoms with Crippen LogP contribution in [0.4, 0.5) is 0 Å². The van der Waals surface area contributed by atoms with Gasteiger partial charge in [0.25, 0.3) is 9.05 Å². The minimum absolute atomic E-state index is 0.0340. The summed E-state index contributed by atoms with van der Waals surface area (Å²) in [6.45, 7) is 8.75. The third kappa shape index (κ3) is 4.65. The summed E-state index contributed by atoms with van der Waals surface area (Å²) in [7, 11) is 1.59. The summed E-state index contributed by atoms with van der Waals surface area (Å²) in [4.78, 5) is -0.0340. The molecule has 0 bridgehead atoms. The molecule has 0 fully saturated rings. The second kappa shape index (κ2) is 6.46. The number of aryl methyl sites for hydroxylation is 1. The Balaban J connectivity index is 3.19. The van der Waals surface area contributed by atoms with Gasteiger partial charge in [0, 0.05) is 17.2 Å². The summed E-state index contributed by atoms with van der Waals surface area (Å²) in [5, 5.41) is 4.43. The lowest BCUT2D eigenvalue weighted by Crippen LogP contribution is -2.04. The number of hydrogen-bond donors (Lipinski definition) is 0. The fraction of sp³-hybridized carbons (Fsp3) is 0.750. The Kier molecular flexibility index (Phi) is 5.71. The summed E-state index contributed by atoms with van der Waals surface area (Å²) in [5.74, 6) is 0.770. The smallest absolute Gasteiger partial charge is 0.252 e. The van der Waals surface area contributed by atoms with Crippen LogP contribution in [0.1, 0.15) is 39.8 Å². The van der Waals surface area contributed by atoms with Gasteiger partial charge in [-0.05, 0) is 24.7 Å². The standard InChI is InChI=1S/C12H20Cl2N2O2S/c1-8(2)5-6-16-12(13)11(19(14,17)18)10(15-16)7-9(3)4/h8-9H,5-7H2,1-4H3. The quantitative estimate of drug-likeness (QED) is 0.749. The lowest BCUT2D eigenvalue weighted by atomic mass is 10.1. The number of hydrogen-bond acceptors (Lipinski definition) is 3. The summed E-state index contributed by atoms with van der Waals surface area (Å²) in [6.07, 6.45) is 1.42. The zero-order valence-electron chi connectivity index (χ0n) is 11.7. The maximum atomic E-state index is 11.6. The number of rotatable bonds is 6. The van der Waals surface area contributed by atoms with Crippen molar-refractivity contribution in [2.45, 2.75) is 52.0 Å². The monoisotopic (exact) mass is 326 g/mol. The number of aromatic nitrogens is 2. The molecule has 0 saturated heterocycles. The average molecular weight is 327 g/mol. The first kappa shape index (κ1) is 16.8. The van der Waals surface area contributed by atoms with Crippen LogP contribution in [0.3, 0.4) is 0 Å². The van der Waals surface area contributed by atoms with Crippen molar-refractivity contribution in [3.63, 3.8) is 0 Å². The Labute approximate surface area is 124 Å². The van der Waals surface area contributed by atoms with Crippen LogP contribution in [0.5, 0.6) is 0 Å². The predicted octanol–water partition coefficient (Wildman–Crippen LogP) is 3.71. The van der Waals surface area contributed by atoms with Crippen LogP contribution >= 0.6 is 22.3 Å². The molecule has 0 N–H and O–H groups in total. The molecule has 1 aromatic heterocycles. The summed E-state index contributed by atoms with van der Waals surface area (Å²) < 4.78 is 24.8. The van der Waals surface area contributed by atoms with Crippen molar-refractivity contribution in [2.24, 2.45) is 11.8 Å². The molecule has 19 heavy (non-hydrogen) atoms. The van der Waals surface area contributed by atoms with Crippen molar-refractivity contribution in [3.8, 4) is 0 Å². The predicted molar refractivity (Wildman–Crippen MR) is 78.3 cm³/mol.